The van der Waals surface area contributed by atoms with Crippen LogP contribution in [0.5, 0.6) is 0 Å². The third-order valence-corrected chi connectivity index (χ3v) is 19.7. The summed E-state index contributed by atoms with van der Waals surface area (Å²) in [7, 11) is 0. The standard InChI is InChI=1S/C88H56N8/c1-4-23-56(24-5-1)86-89-87(59-25-22-28-62(51-59)93-74-36-9-3-8-29-64(74)65-30-10-16-37-75(65)93)91-88(90-86)60-45-49-84(95-78-40-19-11-31-66(78)67-32-12-20-41-79(67)95)85(54-60)96-80-42-21-15-35-70(80)73-55-63(46-50-83(73)96)94-77-39-18-14-34-69(77)72-53-58(44-48-82(72)94)57-43-47-81-71(52-57)68-33-13-17-38-76(68)92(81)61-26-6-2-7-27-61/h1-2,4-55H,3H2. The first kappa shape index (κ1) is 53.7. The number of benzene rings is 13. The van der Waals surface area contributed by atoms with Crippen LogP contribution < -0.4 is 0 Å². The molecule has 0 atom stereocenters. The molecule has 1 aliphatic carbocycles. The largest absolute Gasteiger partial charge is 0.309 e. The average Bonchev–Trinajstić information content (AvgIpc) is 1.56. The molecule has 0 N–H and O–H groups in total. The van der Waals surface area contributed by atoms with Crippen LogP contribution in [0, 0.1) is 0 Å². The van der Waals surface area contributed by atoms with E-state index in [1.165, 1.54) is 65.4 Å². The molecule has 20 rings (SSSR count). The van der Waals surface area contributed by atoms with Crippen molar-refractivity contribution in [3.05, 3.63) is 327 Å². The Morgan fingerprint density at radius 1 is 0.219 bits per heavy atom. The highest BCUT2D eigenvalue weighted by atomic mass is 15.1. The number of nitrogens with zero attached hydrogens (tertiary/aromatic N) is 8. The molecule has 1 aliphatic rings. The minimum Gasteiger partial charge on any atom is -0.309 e. The molecule has 0 fully saturated rings. The maximum atomic E-state index is 5.50. The topological polar surface area (TPSA) is 63.3 Å². The summed E-state index contributed by atoms with van der Waals surface area (Å²) in [5, 5.41) is 10.8. The fourth-order valence-corrected chi connectivity index (χ4v) is 15.5. The van der Waals surface area contributed by atoms with Gasteiger partial charge in [0, 0.05) is 87.8 Å². The molecule has 6 heterocycles. The van der Waals surface area contributed by atoms with E-state index in [2.05, 4.69) is 332 Å². The molecule has 96 heavy (non-hydrogen) atoms. The minimum absolute atomic E-state index is 0.571. The van der Waals surface area contributed by atoms with Crippen LogP contribution in [0.3, 0.4) is 0 Å². The predicted octanol–water partition coefficient (Wildman–Crippen LogP) is 22.3. The van der Waals surface area contributed by atoms with E-state index in [-0.39, 0.29) is 0 Å². The van der Waals surface area contributed by atoms with Crippen molar-refractivity contribution >= 4 is 110 Å². The van der Waals surface area contributed by atoms with Gasteiger partial charge < -0.3 is 22.8 Å². The fraction of sp³-hybridized carbons (Fsp3) is 0.0114. The Morgan fingerprint density at radius 2 is 0.604 bits per heavy atom. The SMILES string of the molecule is C1=Cc2c(n(-c3cccc(-c4nc(-c5ccccc5)nc(-c5ccc(-n6c7ccccc7c7ccccc76)c(-n6c7ccccc7c7cc(-n8c9ccccc9c9cc(-c%10ccc%11c(c%10)c%10ccccc%10n%11-c%10ccccc%10)ccc98)ccc76)c5)n4)c3)c3ccccc23)C=CC1. The lowest BCUT2D eigenvalue weighted by atomic mass is 10.0. The van der Waals surface area contributed by atoms with Crippen molar-refractivity contribution in [1.29, 1.82) is 0 Å². The maximum Gasteiger partial charge on any atom is 0.164 e. The molecule has 13 aromatic carbocycles. The predicted molar refractivity (Wildman–Crippen MR) is 398 cm³/mol. The van der Waals surface area contributed by atoms with E-state index in [4.69, 9.17) is 15.0 Å². The van der Waals surface area contributed by atoms with Crippen molar-refractivity contribution in [2.75, 3.05) is 0 Å². The monoisotopic (exact) mass is 1220 g/mol. The van der Waals surface area contributed by atoms with Crippen molar-refractivity contribution in [1.82, 2.24) is 37.8 Å². The highest BCUT2D eigenvalue weighted by Crippen LogP contribution is 2.44. The van der Waals surface area contributed by atoms with Crippen molar-refractivity contribution in [3.8, 4) is 73.7 Å². The average molecular weight is 1230 g/mol. The molecule has 0 radical (unpaired) electrons. The van der Waals surface area contributed by atoms with Gasteiger partial charge in [-0.05, 0) is 145 Å². The van der Waals surface area contributed by atoms with Gasteiger partial charge in [0.1, 0.15) is 0 Å². The molecule has 0 unspecified atom stereocenters. The summed E-state index contributed by atoms with van der Waals surface area (Å²) in [6, 6.07) is 110. The van der Waals surface area contributed by atoms with Gasteiger partial charge in [-0.25, -0.2) is 15.0 Å². The van der Waals surface area contributed by atoms with Crippen LogP contribution >= 0.6 is 0 Å². The normalized spacial score (nSPS) is 12.5. The summed E-state index contributed by atoms with van der Waals surface area (Å²) in [6.07, 6.45) is 9.87. The lowest BCUT2D eigenvalue weighted by Crippen LogP contribution is -2.05. The molecule has 0 spiro atoms. The summed E-state index contributed by atoms with van der Waals surface area (Å²) in [6.45, 7) is 0. The molecule has 0 bridgehead atoms. The molecule has 8 heteroatoms. The van der Waals surface area contributed by atoms with E-state index in [9.17, 15) is 0 Å². The highest BCUT2D eigenvalue weighted by Gasteiger charge is 2.25. The van der Waals surface area contributed by atoms with E-state index < -0.39 is 0 Å². The van der Waals surface area contributed by atoms with Crippen LogP contribution in [0.25, 0.3) is 184 Å². The summed E-state index contributed by atoms with van der Waals surface area (Å²) in [5.74, 6) is 1.75. The van der Waals surface area contributed by atoms with Crippen LogP contribution in [0.15, 0.2) is 315 Å². The zero-order valence-corrected chi connectivity index (χ0v) is 52.0. The first-order chi connectivity index (χ1) is 47.6. The van der Waals surface area contributed by atoms with Crippen LogP contribution in [0.2, 0.25) is 0 Å². The smallest absolute Gasteiger partial charge is 0.164 e. The van der Waals surface area contributed by atoms with E-state index in [1.807, 2.05) is 18.2 Å². The highest BCUT2D eigenvalue weighted by molar-refractivity contribution is 6.15. The summed E-state index contributed by atoms with van der Waals surface area (Å²) >= 11 is 0. The maximum absolute atomic E-state index is 5.50. The number of para-hydroxylation sites is 7. The number of allylic oxidation sites excluding steroid dienone is 2. The number of hydrogen-bond acceptors (Lipinski definition) is 3. The van der Waals surface area contributed by atoms with E-state index in [0.29, 0.717) is 17.5 Å². The van der Waals surface area contributed by atoms with Gasteiger partial charge in [0.2, 0.25) is 0 Å². The van der Waals surface area contributed by atoms with Crippen LogP contribution in [-0.2, 0) is 0 Å². The molecular formula is C88H56N8. The van der Waals surface area contributed by atoms with E-state index >= 15 is 0 Å². The van der Waals surface area contributed by atoms with Gasteiger partial charge in [-0.3, -0.25) is 0 Å². The second-order valence-corrected chi connectivity index (χ2v) is 25.0. The number of aromatic nitrogens is 8. The van der Waals surface area contributed by atoms with Crippen molar-refractivity contribution in [2.24, 2.45) is 0 Å². The molecule has 0 saturated carbocycles. The fourth-order valence-electron chi connectivity index (χ4n) is 15.5. The Morgan fingerprint density at radius 3 is 1.20 bits per heavy atom. The van der Waals surface area contributed by atoms with Crippen molar-refractivity contribution < 1.29 is 0 Å². The van der Waals surface area contributed by atoms with Crippen molar-refractivity contribution in [2.45, 2.75) is 6.42 Å². The molecule has 0 amide bonds. The molecule has 6 aromatic heterocycles. The van der Waals surface area contributed by atoms with Gasteiger partial charge in [0.05, 0.1) is 66.7 Å². The molecule has 448 valence electrons. The van der Waals surface area contributed by atoms with Gasteiger partial charge in [-0.1, -0.05) is 200 Å². The number of fused-ring (bicyclic) bond motifs is 15. The summed E-state index contributed by atoms with van der Waals surface area (Å²) < 4.78 is 12.1. The second-order valence-electron chi connectivity index (χ2n) is 25.0. The Balaban J connectivity index is 0.771. The first-order valence-corrected chi connectivity index (χ1v) is 32.8. The van der Waals surface area contributed by atoms with Crippen LogP contribution in [-0.4, -0.2) is 37.8 Å². The van der Waals surface area contributed by atoms with Gasteiger partial charge in [0.15, 0.2) is 17.5 Å². The summed E-state index contributed by atoms with van der Waals surface area (Å²) in [4.78, 5) is 16.2. The van der Waals surface area contributed by atoms with Gasteiger partial charge in [-0.2, -0.15) is 0 Å². The third kappa shape index (κ3) is 8.25. The molecule has 0 aliphatic heterocycles. The van der Waals surface area contributed by atoms with Crippen LogP contribution in [0.1, 0.15) is 17.7 Å². The number of rotatable bonds is 9. The van der Waals surface area contributed by atoms with Gasteiger partial charge in [-0.15, -0.1) is 0 Å². The van der Waals surface area contributed by atoms with Gasteiger partial charge >= 0.3 is 0 Å². The molecule has 19 aromatic rings. The summed E-state index contributed by atoms with van der Waals surface area (Å²) in [5.41, 5.74) is 22.9. The zero-order valence-electron chi connectivity index (χ0n) is 52.0. The second kappa shape index (κ2) is 21.3. The molecule has 0 saturated heterocycles. The lowest BCUT2D eigenvalue weighted by molar-refractivity contribution is 1.06. The number of hydrogen-bond donors (Lipinski definition) is 0. The Kier molecular flexibility index (Phi) is 11.9. The Bertz CT molecular complexity index is 6430. The molecule has 8 nitrogen and oxygen atoms in total. The molecular weight excluding hydrogens is 1170 g/mol. The Hall–Kier alpha value is -12.9. The van der Waals surface area contributed by atoms with Crippen molar-refractivity contribution in [3.63, 3.8) is 0 Å². The quantitative estimate of drug-likeness (QED) is 0.145. The minimum atomic E-state index is 0.571. The zero-order chi connectivity index (χ0) is 63.0. The Labute approximate surface area is 551 Å². The third-order valence-electron chi connectivity index (χ3n) is 19.7. The first-order valence-electron chi connectivity index (χ1n) is 32.8. The van der Waals surface area contributed by atoms with Gasteiger partial charge in [0.25, 0.3) is 0 Å². The van der Waals surface area contributed by atoms with E-state index in [1.54, 1.807) is 0 Å². The lowest BCUT2D eigenvalue weighted by Gasteiger charge is -2.18. The van der Waals surface area contributed by atoms with Crippen LogP contribution in [0.4, 0.5) is 0 Å². The van der Waals surface area contributed by atoms with E-state index in [0.717, 1.165) is 107 Å².